The molecule has 0 fully saturated rings. The summed E-state index contributed by atoms with van der Waals surface area (Å²) in [6.07, 6.45) is 1.00. The molecule has 0 saturated heterocycles. The summed E-state index contributed by atoms with van der Waals surface area (Å²) in [7, 11) is 0. The van der Waals surface area contributed by atoms with Crippen LogP contribution >= 0.6 is 23.3 Å². The van der Waals surface area contributed by atoms with Gasteiger partial charge in [-0.3, -0.25) is 0 Å². The quantitative estimate of drug-likeness (QED) is 0.753. The average molecular weight is 216 g/mol. The summed E-state index contributed by atoms with van der Waals surface area (Å²) in [5.74, 6) is -1.21. The number of carbonyl (C=O) groups is 1. The Morgan fingerprint density at radius 2 is 2.23 bits per heavy atom. The average Bonchev–Trinajstić information content (AvgIpc) is 2.52. The molecule has 1 rings (SSSR count). The van der Waals surface area contributed by atoms with E-state index in [-0.39, 0.29) is 16.4 Å². The van der Waals surface area contributed by atoms with Crippen molar-refractivity contribution in [3.63, 3.8) is 0 Å². The number of nitriles is 1. The van der Waals surface area contributed by atoms with Crippen molar-refractivity contribution in [2.24, 2.45) is 0 Å². The summed E-state index contributed by atoms with van der Waals surface area (Å²) in [6, 6.07) is 1.67. The van der Waals surface area contributed by atoms with Crippen molar-refractivity contribution in [1.29, 1.82) is 5.26 Å². The first-order valence-electron chi connectivity index (χ1n) is 2.98. The molecule has 0 aliphatic carbocycles. The third kappa shape index (κ3) is 2.02. The maximum absolute atomic E-state index is 10.5. The number of carboxylic acids is 1. The lowest BCUT2D eigenvalue weighted by atomic mass is 10.3. The van der Waals surface area contributed by atoms with E-state index in [1.165, 1.54) is 0 Å². The second-order valence-corrected chi connectivity index (χ2v) is 2.82. The molecule has 7 heteroatoms. The SMILES string of the molecule is N#C/C=C(/Cl)c1nsnc1C(=O)O. The predicted molar refractivity (Wildman–Crippen MR) is 46.3 cm³/mol. The molecule has 1 aromatic rings. The third-order valence-corrected chi connectivity index (χ3v) is 1.93. The molecule has 0 saturated carbocycles. The number of hydrogen-bond donors (Lipinski definition) is 1. The summed E-state index contributed by atoms with van der Waals surface area (Å²) in [4.78, 5) is 10.5. The van der Waals surface area contributed by atoms with E-state index in [0.29, 0.717) is 0 Å². The maximum atomic E-state index is 10.5. The number of nitrogens with zero attached hydrogens (tertiary/aromatic N) is 3. The Kier molecular flexibility index (Phi) is 2.95. The topological polar surface area (TPSA) is 86.9 Å². The predicted octanol–water partition coefficient (Wildman–Crippen LogP) is 1.34. The molecule has 0 amide bonds. The number of carboxylic acid groups (broad SMARTS) is 1. The zero-order valence-electron chi connectivity index (χ0n) is 6.06. The lowest BCUT2D eigenvalue weighted by Crippen LogP contribution is -1.99. The monoisotopic (exact) mass is 215 g/mol. The highest BCUT2D eigenvalue weighted by Gasteiger charge is 2.17. The summed E-state index contributed by atoms with van der Waals surface area (Å²) in [6.45, 7) is 0. The van der Waals surface area contributed by atoms with Gasteiger partial charge in [0, 0.05) is 6.08 Å². The van der Waals surface area contributed by atoms with E-state index in [1.54, 1.807) is 6.07 Å². The van der Waals surface area contributed by atoms with Crippen molar-refractivity contribution >= 4 is 34.3 Å². The van der Waals surface area contributed by atoms with Crippen LogP contribution in [-0.4, -0.2) is 19.8 Å². The molecule has 1 N–H and O–H groups in total. The van der Waals surface area contributed by atoms with Crippen molar-refractivity contribution in [2.45, 2.75) is 0 Å². The first-order chi connectivity index (χ1) is 6.16. The molecule has 1 aromatic heterocycles. The number of hydrogen-bond acceptors (Lipinski definition) is 5. The molecule has 5 nitrogen and oxygen atoms in total. The van der Waals surface area contributed by atoms with E-state index < -0.39 is 5.97 Å². The van der Waals surface area contributed by atoms with E-state index in [0.717, 1.165) is 17.8 Å². The van der Waals surface area contributed by atoms with Gasteiger partial charge in [-0.1, -0.05) is 11.6 Å². The molecule has 0 atom stereocenters. The van der Waals surface area contributed by atoms with Gasteiger partial charge in [0.05, 0.1) is 22.8 Å². The minimum atomic E-state index is -1.21. The summed E-state index contributed by atoms with van der Waals surface area (Å²) < 4.78 is 7.17. The molecule has 0 bridgehead atoms. The van der Waals surface area contributed by atoms with Gasteiger partial charge in [-0.2, -0.15) is 14.0 Å². The van der Waals surface area contributed by atoms with Gasteiger partial charge >= 0.3 is 5.97 Å². The number of aromatic carboxylic acids is 1. The first kappa shape index (κ1) is 9.64. The van der Waals surface area contributed by atoms with Crippen molar-refractivity contribution < 1.29 is 9.90 Å². The molecule has 0 aromatic carbocycles. The minimum Gasteiger partial charge on any atom is -0.476 e. The van der Waals surface area contributed by atoms with E-state index >= 15 is 0 Å². The van der Waals surface area contributed by atoms with Gasteiger partial charge < -0.3 is 5.11 Å². The summed E-state index contributed by atoms with van der Waals surface area (Å²) in [5.41, 5.74) is -0.206. The highest BCUT2D eigenvalue weighted by Crippen LogP contribution is 2.20. The van der Waals surface area contributed by atoms with Gasteiger partial charge in [-0.05, 0) is 0 Å². The van der Waals surface area contributed by atoms with Gasteiger partial charge in [0.25, 0.3) is 0 Å². The fraction of sp³-hybridized carbons (Fsp3) is 0. The maximum Gasteiger partial charge on any atom is 0.358 e. The smallest absolute Gasteiger partial charge is 0.358 e. The first-order valence-corrected chi connectivity index (χ1v) is 4.09. The number of halogens is 1. The Bertz CT molecular complexity index is 406. The normalized spacial score (nSPS) is 10.9. The molecule has 0 aliphatic heterocycles. The Morgan fingerprint density at radius 3 is 2.77 bits per heavy atom. The zero-order chi connectivity index (χ0) is 9.84. The molecule has 1 heterocycles. The Labute approximate surface area is 82.2 Å². The van der Waals surface area contributed by atoms with Crippen molar-refractivity contribution in [1.82, 2.24) is 8.75 Å². The minimum absolute atomic E-state index is 0.0198. The second-order valence-electron chi connectivity index (χ2n) is 1.89. The lowest BCUT2D eigenvalue weighted by Gasteiger charge is -1.90. The van der Waals surface area contributed by atoms with Crippen LogP contribution in [0.1, 0.15) is 16.2 Å². The van der Waals surface area contributed by atoms with Crippen LogP contribution in [-0.2, 0) is 0 Å². The molecular formula is C6H2ClN3O2S. The molecule has 0 aliphatic rings. The van der Waals surface area contributed by atoms with E-state index in [1.807, 2.05) is 0 Å². The fourth-order valence-electron chi connectivity index (χ4n) is 0.611. The second kappa shape index (κ2) is 3.98. The Balaban J connectivity index is 3.16. The van der Waals surface area contributed by atoms with Crippen molar-refractivity contribution in [2.75, 3.05) is 0 Å². The summed E-state index contributed by atoms with van der Waals surface area (Å²) in [5, 5.41) is 16.8. The van der Waals surface area contributed by atoms with Gasteiger partial charge in [-0.25, -0.2) is 4.79 Å². The van der Waals surface area contributed by atoms with Crippen LogP contribution in [0.25, 0.3) is 5.03 Å². The van der Waals surface area contributed by atoms with Crippen molar-refractivity contribution in [3.8, 4) is 6.07 Å². The Hall–Kier alpha value is -1.45. The lowest BCUT2D eigenvalue weighted by molar-refractivity contribution is 0.0691. The highest BCUT2D eigenvalue weighted by molar-refractivity contribution is 6.99. The van der Waals surface area contributed by atoms with E-state index in [4.69, 9.17) is 22.0 Å². The molecule has 0 unspecified atom stereocenters. The molecule has 66 valence electrons. The summed E-state index contributed by atoms with van der Waals surface area (Å²) >= 11 is 6.31. The van der Waals surface area contributed by atoms with Gasteiger partial charge in [-0.15, -0.1) is 0 Å². The van der Waals surface area contributed by atoms with Crippen LogP contribution in [0.15, 0.2) is 6.08 Å². The zero-order valence-corrected chi connectivity index (χ0v) is 7.63. The molecule has 0 radical (unpaired) electrons. The van der Waals surface area contributed by atoms with Crippen LogP contribution in [0.2, 0.25) is 0 Å². The largest absolute Gasteiger partial charge is 0.476 e. The van der Waals surface area contributed by atoms with Crippen LogP contribution in [0.4, 0.5) is 0 Å². The third-order valence-electron chi connectivity index (χ3n) is 1.11. The molecule has 13 heavy (non-hydrogen) atoms. The van der Waals surface area contributed by atoms with Crippen LogP contribution in [0, 0.1) is 11.3 Å². The molecular weight excluding hydrogens is 214 g/mol. The number of rotatable bonds is 2. The van der Waals surface area contributed by atoms with Crippen molar-refractivity contribution in [3.05, 3.63) is 17.5 Å². The van der Waals surface area contributed by atoms with Gasteiger partial charge in [0.1, 0.15) is 5.69 Å². The fourth-order valence-corrected chi connectivity index (χ4v) is 1.39. The Morgan fingerprint density at radius 1 is 1.62 bits per heavy atom. The van der Waals surface area contributed by atoms with E-state index in [9.17, 15) is 4.79 Å². The standard InChI is InChI=1S/C6H2ClN3O2S/c7-3(1-2-8)4-5(6(11)12)10-13-9-4/h1H,(H,11,12)/b3-1+. The highest BCUT2D eigenvalue weighted by atomic mass is 35.5. The van der Waals surface area contributed by atoms with Crippen LogP contribution < -0.4 is 0 Å². The molecule has 0 spiro atoms. The van der Waals surface area contributed by atoms with Gasteiger partial charge in [0.2, 0.25) is 0 Å². The van der Waals surface area contributed by atoms with Crippen LogP contribution in [0.3, 0.4) is 0 Å². The number of aromatic nitrogens is 2. The number of allylic oxidation sites excluding steroid dienone is 1. The van der Waals surface area contributed by atoms with E-state index in [2.05, 4.69) is 8.75 Å². The van der Waals surface area contributed by atoms with Gasteiger partial charge in [0.15, 0.2) is 5.69 Å². The van der Waals surface area contributed by atoms with Crippen LogP contribution in [0.5, 0.6) is 0 Å².